The highest BCUT2D eigenvalue weighted by molar-refractivity contribution is 6.08. The molecule has 2 rings (SSSR count). The maximum atomic E-state index is 11.2. The highest BCUT2D eigenvalue weighted by Gasteiger charge is 2.19. The van der Waals surface area contributed by atoms with Crippen LogP contribution in [0.2, 0.25) is 0 Å². The lowest BCUT2D eigenvalue weighted by atomic mass is 10.3. The molecule has 0 radical (unpaired) electrons. The van der Waals surface area contributed by atoms with Gasteiger partial charge in [0.1, 0.15) is 16.9 Å². The average Bonchev–Trinajstić information content (AvgIpc) is 2.49. The summed E-state index contributed by atoms with van der Waals surface area (Å²) in [6, 6.07) is 0. The van der Waals surface area contributed by atoms with Crippen molar-refractivity contribution in [3.05, 3.63) is 18.0 Å². The van der Waals surface area contributed by atoms with Gasteiger partial charge in [0, 0.05) is 18.9 Å². The summed E-state index contributed by atoms with van der Waals surface area (Å²) in [4.78, 5) is 19.4. The minimum Gasteiger partial charge on any atom is -0.384 e. The number of aromatic nitrogens is 3. The molecule has 15 heavy (non-hydrogen) atoms. The van der Waals surface area contributed by atoms with Gasteiger partial charge in [-0.25, -0.2) is 4.98 Å². The number of rotatable bonds is 2. The highest BCUT2D eigenvalue weighted by atomic mass is 16.1. The molecule has 1 amide bonds. The van der Waals surface area contributed by atoms with Crippen molar-refractivity contribution < 1.29 is 4.79 Å². The molecule has 2 heterocycles. The number of hydrogen-bond donors (Lipinski definition) is 2. The van der Waals surface area contributed by atoms with E-state index in [1.807, 2.05) is 6.92 Å². The molecule has 4 N–H and O–H groups in total. The number of primary amides is 1. The molecule has 0 aliphatic heterocycles. The van der Waals surface area contributed by atoms with E-state index in [9.17, 15) is 4.79 Å². The predicted octanol–water partition coefficient (Wildman–Crippen LogP) is 0.132. The summed E-state index contributed by atoms with van der Waals surface area (Å²) in [5.74, 6) is -0.253. The van der Waals surface area contributed by atoms with Crippen LogP contribution in [0.4, 0.5) is 5.82 Å². The molecule has 0 spiro atoms. The summed E-state index contributed by atoms with van der Waals surface area (Å²) in [5.41, 5.74) is 12.4. The van der Waals surface area contributed by atoms with Crippen LogP contribution in [0.25, 0.3) is 11.2 Å². The van der Waals surface area contributed by atoms with Crippen molar-refractivity contribution in [2.45, 2.75) is 13.5 Å². The van der Waals surface area contributed by atoms with Crippen LogP contribution in [0.3, 0.4) is 0 Å². The first-order chi connectivity index (χ1) is 7.16. The van der Waals surface area contributed by atoms with Crippen LogP contribution in [-0.4, -0.2) is 20.4 Å². The third-order valence-electron chi connectivity index (χ3n) is 2.28. The number of nitrogens with zero attached hydrogens (tertiary/aromatic N) is 3. The van der Waals surface area contributed by atoms with Crippen molar-refractivity contribution in [2.24, 2.45) is 5.73 Å². The standard InChI is InChI=1S/C9H11N5O/c1-2-14-7(10)5(8(11)15)6-9(14)13-4-3-12-6/h3-4H,2,10H2,1H3,(H2,11,15). The summed E-state index contributed by atoms with van der Waals surface area (Å²) in [6.07, 6.45) is 3.06. The van der Waals surface area contributed by atoms with Gasteiger partial charge in [-0.1, -0.05) is 0 Å². The largest absolute Gasteiger partial charge is 0.384 e. The van der Waals surface area contributed by atoms with Crippen LogP contribution >= 0.6 is 0 Å². The Bertz CT molecular complexity index is 531. The quantitative estimate of drug-likeness (QED) is 0.727. The first kappa shape index (κ1) is 9.45. The van der Waals surface area contributed by atoms with Crippen LogP contribution in [0.5, 0.6) is 0 Å². The lowest BCUT2D eigenvalue weighted by Crippen LogP contribution is -2.14. The van der Waals surface area contributed by atoms with Gasteiger partial charge in [-0.05, 0) is 6.92 Å². The lowest BCUT2D eigenvalue weighted by molar-refractivity contribution is 0.100. The second-order valence-electron chi connectivity index (χ2n) is 3.10. The summed E-state index contributed by atoms with van der Waals surface area (Å²) < 4.78 is 1.71. The fourth-order valence-electron chi connectivity index (χ4n) is 1.64. The molecule has 0 saturated heterocycles. The first-order valence-electron chi connectivity index (χ1n) is 4.55. The van der Waals surface area contributed by atoms with Crippen LogP contribution in [0.15, 0.2) is 12.4 Å². The average molecular weight is 205 g/mol. The molecule has 0 aliphatic carbocycles. The molecule has 0 bridgehead atoms. The highest BCUT2D eigenvalue weighted by Crippen LogP contribution is 2.24. The topological polar surface area (TPSA) is 99.8 Å². The molecule has 78 valence electrons. The number of fused-ring (bicyclic) bond motifs is 1. The number of nitrogen functional groups attached to an aromatic ring is 1. The van der Waals surface area contributed by atoms with Crippen molar-refractivity contribution in [3.63, 3.8) is 0 Å². The number of nitrogens with two attached hydrogens (primary N) is 2. The van der Waals surface area contributed by atoms with Gasteiger partial charge >= 0.3 is 0 Å². The summed E-state index contributed by atoms with van der Waals surface area (Å²) in [5, 5.41) is 0. The molecule has 0 unspecified atom stereocenters. The summed E-state index contributed by atoms with van der Waals surface area (Å²) in [7, 11) is 0. The Morgan fingerprint density at radius 2 is 2.13 bits per heavy atom. The lowest BCUT2D eigenvalue weighted by Gasteiger charge is -2.01. The molecule has 2 aromatic rings. The molecule has 0 aliphatic rings. The van der Waals surface area contributed by atoms with Gasteiger partial charge in [-0.3, -0.25) is 9.78 Å². The Morgan fingerprint density at radius 1 is 1.47 bits per heavy atom. The van der Waals surface area contributed by atoms with Crippen molar-refractivity contribution in [2.75, 3.05) is 5.73 Å². The summed E-state index contributed by atoms with van der Waals surface area (Å²) in [6.45, 7) is 2.53. The molecule has 2 aromatic heterocycles. The Labute approximate surface area is 85.9 Å². The molecular weight excluding hydrogens is 194 g/mol. The van der Waals surface area contributed by atoms with Crippen molar-refractivity contribution in [1.82, 2.24) is 14.5 Å². The SMILES string of the molecule is CCn1c(N)c(C(N)=O)c2nccnc21. The maximum Gasteiger partial charge on any atom is 0.254 e. The zero-order valence-corrected chi connectivity index (χ0v) is 8.27. The van der Waals surface area contributed by atoms with Gasteiger partial charge in [0.05, 0.1) is 0 Å². The predicted molar refractivity (Wildman–Crippen MR) is 56.1 cm³/mol. The number of carbonyl (C=O) groups excluding carboxylic acids is 1. The van der Waals surface area contributed by atoms with Gasteiger partial charge < -0.3 is 16.0 Å². The third kappa shape index (κ3) is 1.22. The minimum absolute atomic E-state index is 0.250. The maximum absolute atomic E-state index is 11.2. The molecule has 0 aromatic carbocycles. The second-order valence-corrected chi connectivity index (χ2v) is 3.10. The van der Waals surface area contributed by atoms with Gasteiger partial charge in [-0.15, -0.1) is 0 Å². The Balaban J connectivity index is 2.91. The number of aryl methyl sites for hydroxylation is 1. The minimum atomic E-state index is -0.579. The molecule has 0 atom stereocenters. The Morgan fingerprint density at radius 3 is 2.73 bits per heavy atom. The Kier molecular flexibility index (Phi) is 2.03. The van der Waals surface area contributed by atoms with E-state index in [0.717, 1.165) is 0 Å². The molecule has 6 heteroatoms. The normalized spacial score (nSPS) is 10.7. The van der Waals surface area contributed by atoms with E-state index < -0.39 is 5.91 Å². The van der Waals surface area contributed by atoms with Crippen LogP contribution < -0.4 is 11.5 Å². The molecule has 0 saturated carbocycles. The van der Waals surface area contributed by atoms with Crippen molar-refractivity contribution >= 4 is 22.9 Å². The van der Waals surface area contributed by atoms with Gasteiger partial charge in [0.2, 0.25) is 0 Å². The van der Waals surface area contributed by atoms with Gasteiger partial charge in [0.15, 0.2) is 5.65 Å². The van der Waals surface area contributed by atoms with E-state index in [0.29, 0.717) is 23.5 Å². The number of anilines is 1. The van der Waals surface area contributed by atoms with Crippen molar-refractivity contribution in [3.8, 4) is 0 Å². The van der Waals surface area contributed by atoms with Crippen molar-refractivity contribution in [1.29, 1.82) is 0 Å². The monoisotopic (exact) mass is 205 g/mol. The number of hydrogen-bond acceptors (Lipinski definition) is 4. The van der Waals surface area contributed by atoms with E-state index in [4.69, 9.17) is 11.5 Å². The summed E-state index contributed by atoms with van der Waals surface area (Å²) >= 11 is 0. The van der Waals surface area contributed by atoms with E-state index in [1.54, 1.807) is 10.8 Å². The Hall–Kier alpha value is -2.11. The van der Waals surface area contributed by atoms with Crippen LogP contribution in [0.1, 0.15) is 17.3 Å². The number of carbonyl (C=O) groups is 1. The zero-order chi connectivity index (χ0) is 11.0. The molecule has 6 nitrogen and oxygen atoms in total. The van der Waals surface area contributed by atoms with Crippen LogP contribution in [0, 0.1) is 0 Å². The van der Waals surface area contributed by atoms with E-state index in [-0.39, 0.29) is 5.56 Å². The molecule has 0 fully saturated rings. The number of amides is 1. The second kappa shape index (κ2) is 3.23. The van der Waals surface area contributed by atoms with Crippen LogP contribution in [-0.2, 0) is 6.54 Å². The fraction of sp³-hybridized carbons (Fsp3) is 0.222. The first-order valence-corrected chi connectivity index (χ1v) is 4.55. The molecular formula is C9H11N5O. The third-order valence-corrected chi connectivity index (χ3v) is 2.28. The fourth-order valence-corrected chi connectivity index (χ4v) is 1.64. The van der Waals surface area contributed by atoms with E-state index in [2.05, 4.69) is 9.97 Å². The van der Waals surface area contributed by atoms with E-state index in [1.165, 1.54) is 6.20 Å². The smallest absolute Gasteiger partial charge is 0.254 e. The van der Waals surface area contributed by atoms with Gasteiger partial charge in [-0.2, -0.15) is 0 Å². The van der Waals surface area contributed by atoms with Gasteiger partial charge in [0.25, 0.3) is 5.91 Å². The van der Waals surface area contributed by atoms with E-state index >= 15 is 0 Å². The zero-order valence-electron chi connectivity index (χ0n) is 8.27.